The van der Waals surface area contributed by atoms with Gasteiger partial charge in [0.1, 0.15) is 17.5 Å². The van der Waals surface area contributed by atoms with Crippen molar-refractivity contribution in [3.05, 3.63) is 60.2 Å². The molecular formula is C21H20N8OS. The molecule has 0 aliphatic rings. The van der Waals surface area contributed by atoms with Crippen LogP contribution in [0, 0.1) is 6.92 Å². The first-order valence-corrected chi connectivity index (χ1v) is 10.5. The van der Waals surface area contributed by atoms with Crippen molar-refractivity contribution in [1.82, 2.24) is 39.6 Å². The van der Waals surface area contributed by atoms with Gasteiger partial charge in [0, 0.05) is 35.0 Å². The predicted molar refractivity (Wildman–Crippen MR) is 118 cm³/mol. The molecule has 0 spiro atoms. The minimum Gasteiger partial charge on any atom is -0.345 e. The van der Waals surface area contributed by atoms with Gasteiger partial charge < -0.3 is 14.5 Å². The van der Waals surface area contributed by atoms with Crippen LogP contribution in [-0.4, -0.2) is 40.2 Å². The molecule has 0 atom stereocenters. The lowest BCUT2D eigenvalue weighted by Gasteiger charge is -2.08. The van der Waals surface area contributed by atoms with Crippen molar-refractivity contribution in [2.75, 3.05) is 0 Å². The van der Waals surface area contributed by atoms with E-state index >= 15 is 0 Å². The second kappa shape index (κ2) is 7.55. The van der Waals surface area contributed by atoms with Crippen molar-refractivity contribution >= 4 is 39.7 Å². The number of amides is 1. The second-order valence-corrected chi connectivity index (χ2v) is 8.41. The SMILES string of the molecule is Cc1c(Sc2ccc3[nH]ncc3c2)cc(C(=O)NCc2ncnc3ncn(C)c23)n1C. The lowest BCUT2D eigenvalue weighted by Crippen LogP contribution is -2.25. The Balaban J connectivity index is 1.36. The molecule has 4 heterocycles. The first kappa shape index (κ1) is 19.3. The van der Waals surface area contributed by atoms with Crippen LogP contribution in [0.3, 0.4) is 0 Å². The van der Waals surface area contributed by atoms with Gasteiger partial charge in [0.2, 0.25) is 0 Å². The molecule has 0 aliphatic heterocycles. The van der Waals surface area contributed by atoms with Gasteiger partial charge in [-0.1, -0.05) is 11.8 Å². The number of aryl methyl sites for hydroxylation is 1. The number of carbonyl (C=O) groups excluding carboxylic acids is 1. The van der Waals surface area contributed by atoms with Crippen LogP contribution in [0.4, 0.5) is 0 Å². The fourth-order valence-electron chi connectivity index (χ4n) is 3.55. The largest absolute Gasteiger partial charge is 0.345 e. The van der Waals surface area contributed by atoms with Gasteiger partial charge in [-0.05, 0) is 31.2 Å². The first-order chi connectivity index (χ1) is 15.0. The molecule has 4 aromatic heterocycles. The molecular weight excluding hydrogens is 412 g/mol. The first-order valence-electron chi connectivity index (χ1n) is 9.67. The Kier molecular flexibility index (Phi) is 4.70. The van der Waals surface area contributed by atoms with Gasteiger partial charge in [0.15, 0.2) is 5.65 Å². The van der Waals surface area contributed by atoms with E-state index in [-0.39, 0.29) is 5.91 Å². The minimum atomic E-state index is -0.156. The van der Waals surface area contributed by atoms with E-state index in [4.69, 9.17) is 0 Å². The molecule has 10 heteroatoms. The highest BCUT2D eigenvalue weighted by Crippen LogP contribution is 2.33. The van der Waals surface area contributed by atoms with Crippen molar-refractivity contribution in [2.24, 2.45) is 14.1 Å². The number of rotatable bonds is 5. The number of hydrogen-bond acceptors (Lipinski definition) is 6. The highest BCUT2D eigenvalue weighted by Gasteiger charge is 2.17. The smallest absolute Gasteiger partial charge is 0.268 e. The molecule has 0 bridgehead atoms. The lowest BCUT2D eigenvalue weighted by atomic mass is 10.3. The molecule has 31 heavy (non-hydrogen) atoms. The van der Waals surface area contributed by atoms with E-state index in [2.05, 4.69) is 36.5 Å². The fraction of sp³-hybridized carbons (Fsp3) is 0.190. The number of H-pyrrole nitrogens is 1. The number of fused-ring (bicyclic) bond motifs is 2. The summed E-state index contributed by atoms with van der Waals surface area (Å²) in [7, 11) is 3.78. The molecule has 0 fully saturated rings. The lowest BCUT2D eigenvalue weighted by molar-refractivity contribution is 0.0942. The van der Waals surface area contributed by atoms with E-state index in [1.807, 2.05) is 54.5 Å². The second-order valence-electron chi connectivity index (χ2n) is 7.29. The van der Waals surface area contributed by atoms with E-state index in [0.29, 0.717) is 17.9 Å². The summed E-state index contributed by atoms with van der Waals surface area (Å²) >= 11 is 1.63. The van der Waals surface area contributed by atoms with E-state index < -0.39 is 0 Å². The molecule has 0 saturated heterocycles. The Bertz CT molecular complexity index is 1430. The number of aromatic amines is 1. The normalized spacial score (nSPS) is 11.5. The van der Waals surface area contributed by atoms with Gasteiger partial charge in [-0.25, -0.2) is 15.0 Å². The summed E-state index contributed by atoms with van der Waals surface area (Å²) in [5.41, 5.74) is 4.79. The average molecular weight is 433 g/mol. The molecule has 1 amide bonds. The number of hydrogen-bond donors (Lipinski definition) is 2. The van der Waals surface area contributed by atoms with E-state index in [0.717, 1.165) is 37.6 Å². The zero-order chi connectivity index (χ0) is 21.5. The van der Waals surface area contributed by atoms with Crippen LogP contribution < -0.4 is 5.32 Å². The average Bonchev–Trinajstić information content (AvgIpc) is 3.46. The van der Waals surface area contributed by atoms with Gasteiger partial charge in [-0.15, -0.1) is 0 Å². The zero-order valence-corrected chi connectivity index (χ0v) is 18.1. The molecule has 1 aromatic carbocycles. The molecule has 0 radical (unpaired) electrons. The minimum absolute atomic E-state index is 0.156. The Hall–Kier alpha value is -3.66. The molecule has 0 unspecified atom stereocenters. The predicted octanol–water partition coefficient (Wildman–Crippen LogP) is 2.97. The topological polar surface area (TPSA) is 106 Å². The summed E-state index contributed by atoms with van der Waals surface area (Å²) in [6.07, 6.45) is 4.97. The molecule has 156 valence electrons. The summed E-state index contributed by atoms with van der Waals surface area (Å²) in [6.45, 7) is 2.31. The van der Waals surface area contributed by atoms with Gasteiger partial charge in [-0.2, -0.15) is 5.10 Å². The number of nitrogens with one attached hydrogen (secondary N) is 2. The maximum absolute atomic E-state index is 12.9. The van der Waals surface area contributed by atoms with Crippen molar-refractivity contribution in [1.29, 1.82) is 0 Å². The number of nitrogens with zero attached hydrogens (tertiary/aromatic N) is 6. The summed E-state index contributed by atoms with van der Waals surface area (Å²) in [4.78, 5) is 27.8. The Morgan fingerprint density at radius 3 is 2.94 bits per heavy atom. The maximum Gasteiger partial charge on any atom is 0.268 e. The van der Waals surface area contributed by atoms with Crippen LogP contribution in [-0.2, 0) is 20.6 Å². The summed E-state index contributed by atoms with van der Waals surface area (Å²) in [5.74, 6) is -0.156. The maximum atomic E-state index is 12.9. The number of aromatic nitrogens is 7. The summed E-state index contributed by atoms with van der Waals surface area (Å²) in [6, 6.07) is 8.07. The molecule has 5 aromatic rings. The molecule has 0 saturated carbocycles. The van der Waals surface area contributed by atoms with E-state index in [1.165, 1.54) is 6.33 Å². The van der Waals surface area contributed by atoms with Gasteiger partial charge in [0.05, 0.1) is 30.3 Å². The van der Waals surface area contributed by atoms with Crippen molar-refractivity contribution in [3.63, 3.8) is 0 Å². The van der Waals surface area contributed by atoms with Crippen LogP contribution in [0.25, 0.3) is 22.1 Å². The van der Waals surface area contributed by atoms with Gasteiger partial charge >= 0.3 is 0 Å². The van der Waals surface area contributed by atoms with Crippen LogP contribution >= 0.6 is 11.8 Å². The third-order valence-electron chi connectivity index (χ3n) is 5.36. The molecule has 9 nitrogen and oxygen atoms in total. The number of carbonyl (C=O) groups is 1. The Morgan fingerprint density at radius 1 is 1.19 bits per heavy atom. The highest BCUT2D eigenvalue weighted by atomic mass is 32.2. The fourth-order valence-corrected chi connectivity index (χ4v) is 4.58. The number of benzene rings is 1. The van der Waals surface area contributed by atoms with Crippen molar-refractivity contribution in [3.8, 4) is 0 Å². The third kappa shape index (κ3) is 3.44. The molecule has 0 aliphatic carbocycles. The Morgan fingerprint density at radius 2 is 2.06 bits per heavy atom. The standard InChI is InChI=1S/C21H20N8OS/c1-12-18(31-14-4-5-15-13(6-14)8-26-27-15)7-17(29(12)3)21(30)22-9-16-19-20(24-10-23-16)25-11-28(19)2/h4-8,10-11H,9H2,1-3H3,(H,22,30)(H,26,27). The van der Waals surface area contributed by atoms with Crippen LogP contribution in [0.5, 0.6) is 0 Å². The molecule has 5 rings (SSSR count). The monoisotopic (exact) mass is 432 g/mol. The van der Waals surface area contributed by atoms with Gasteiger partial charge in [0.25, 0.3) is 5.91 Å². The van der Waals surface area contributed by atoms with Gasteiger partial charge in [-0.3, -0.25) is 9.89 Å². The van der Waals surface area contributed by atoms with Crippen LogP contribution in [0.2, 0.25) is 0 Å². The molecule has 2 N–H and O–H groups in total. The Labute approximate surface area is 181 Å². The third-order valence-corrected chi connectivity index (χ3v) is 6.48. The van der Waals surface area contributed by atoms with Crippen molar-refractivity contribution < 1.29 is 4.79 Å². The van der Waals surface area contributed by atoms with Crippen molar-refractivity contribution in [2.45, 2.75) is 23.3 Å². The van der Waals surface area contributed by atoms with Crippen LogP contribution in [0.1, 0.15) is 21.9 Å². The quantitative estimate of drug-likeness (QED) is 0.442. The van der Waals surface area contributed by atoms with Crippen LogP contribution in [0.15, 0.2) is 52.9 Å². The summed E-state index contributed by atoms with van der Waals surface area (Å²) < 4.78 is 3.77. The van der Waals surface area contributed by atoms with E-state index in [9.17, 15) is 4.79 Å². The zero-order valence-electron chi connectivity index (χ0n) is 17.2. The van der Waals surface area contributed by atoms with E-state index in [1.54, 1.807) is 18.1 Å². The summed E-state index contributed by atoms with van der Waals surface area (Å²) in [5, 5.41) is 11.1. The highest BCUT2D eigenvalue weighted by molar-refractivity contribution is 7.99. The number of imidazole rings is 1.